The zero-order valence-corrected chi connectivity index (χ0v) is 8.03. The van der Waals surface area contributed by atoms with Crippen molar-refractivity contribution < 1.29 is 9.90 Å². The molecule has 0 aromatic heterocycles. The fraction of sp³-hybridized carbons (Fsp3) is 0.400. The van der Waals surface area contributed by atoms with Crippen LogP contribution in [-0.4, -0.2) is 23.8 Å². The molecule has 0 aliphatic heterocycles. The Morgan fingerprint density at radius 2 is 2.23 bits per heavy atom. The minimum Gasteiger partial charge on any atom is -0.478 e. The molecule has 3 heteroatoms. The third kappa shape index (κ3) is 7.00. The van der Waals surface area contributed by atoms with E-state index in [1.807, 2.05) is 0 Å². The summed E-state index contributed by atoms with van der Waals surface area (Å²) in [5.41, 5.74) is 0.0657. The van der Waals surface area contributed by atoms with E-state index in [-0.39, 0.29) is 5.57 Å². The van der Waals surface area contributed by atoms with Crippen LogP contribution in [0.2, 0.25) is 0 Å². The number of hydrogen-bond donors (Lipinski definition) is 1. The fourth-order valence-electron chi connectivity index (χ4n) is 0.563. The van der Waals surface area contributed by atoms with E-state index in [0.29, 0.717) is 5.92 Å². The van der Waals surface area contributed by atoms with Crippen molar-refractivity contribution in [3.05, 3.63) is 24.3 Å². The van der Waals surface area contributed by atoms with Crippen LogP contribution in [0.4, 0.5) is 0 Å². The number of hydrogen-bond acceptors (Lipinski definition) is 2. The third-order valence-corrected chi connectivity index (χ3v) is 1.23. The van der Waals surface area contributed by atoms with Crippen molar-refractivity contribution in [2.45, 2.75) is 13.8 Å². The number of aliphatic imine (C=N–C) groups is 1. The molecule has 0 amide bonds. The summed E-state index contributed by atoms with van der Waals surface area (Å²) in [4.78, 5) is 14.3. The SMILES string of the molecule is C=C(/C=C\C=N\CC(C)C)C(=O)O. The molecule has 1 N–H and O–H groups in total. The second-order valence-corrected chi connectivity index (χ2v) is 3.10. The van der Waals surface area contributed by atoms with E-state index < -0.39 is 5.97 Å². The molecule has 0 saturated heterocycles. The van der Waals surface area contributed by atoms with E-state index in [4.69, 9.17) is 5.11 Å². The number of rotatable bonds is 5. The second-order valence-electron chi connectivity index (χ2n) is 3.10. The van der Waals surface area contributed by atoms with Crippen molar-refractivity contribution in [2.24, 2.45) is 10.9 Å². The van der Waals surface area contributed by atoms with Crippen molar-refractivity contribution >= 4 is 12.2 Å². The third-order valence-electron chi connectivity index (χ3n) is 1.23. The van der Waals surface area contributed by atoms with Crippen LogP contribution in [-0.2, 0) is 4.79 Å². The van der Waals surface area contributed by atoms with Crippen molar-refractivity contribution in [2.75, 3.05) is 6.54 Å². The lowest BCUT2D eigenvalue weighted by molar-refractivity contribution is -0.132. The number of allylic oxidation sites excluding steroid dienone is 1. The molecule has 0 unspecified atom stereocenters. The Hall–Kier alpha value is -1.38. The normalized spacial score (nSPS) is 11.6. The Morgan fingerprint density at radius 1 is 1.62 bits per heavy atom. The Kier molecular flexibility index (Phi) is 5.52. The first-order valence-corrected chi connectivity index (χ1v) is 4.12. The summed E-state index contributed by atoms with van der Waals surface area (Å²) >= 11 is 0. The molecule has 0 aromatic carbocycles. The van der Waals surface area contributed by atoms with Gasteiger partial charge in [-0.25, -0.2) is 4.79 Å². The van der Waals surface area contributed by atoms with Gasteiger partial charge in [-0.1, -0.05) is 20.4 Å². The predicted molar refractivity (Wildman–Crippen MR) is 54.1 cm³/mol. The van der Waals surface area contributed by atoms with Gasteiger partial charge in [0.15, 0.2) is 0 Å². The van der Waals surface area contributed by atoms with Gasteiger partial charge in [-0.2, -0.15) is 0 Å². The molecular formula is C10H15NO2. The summed E-state index contributed by atoms with van der Waals surface area (Å²) in [6, 6.07) is 0. The van der Waals surface area contributed by atoms with Gasteiger partial charge in [0.1, 0.15) is 0 Å². The van der Waals surface area contributed by atoms with Gasteiger partial charge in [-0.15, -0.1) is 0 Å². The molecule has 0 atom stereocenters. The van der Waals surface area contributed by atoms with E-state index in [2.05, 4.69) is 25.4 Å². The number of carboxylic acids is 1. The van der Waals surface area contributed by atoms with Crippen LogP contribution in [0.15, 0.2) is 29.3 Å². The van der Waals surface area contributed by atoms with Gasteiger partial charge in [0, 0.05) is 12.8 Å². The highest BCUT2D eigenvalue weighted by atomic mass is 16.4. The van der Waals surface area contributed by atoms with Crippen molar-refractivity contribution in [3.8, 4) is 0 Å². The Labute approximate surface area is 78.5 Å². The highest BCUT2D eigenvalue weighted by Crippen LogP contribution is 1.92. The van der Waals surface area contributed by atoms with Crippen LogP contribution < -0.4 is 0 Å². The predicted octanol–water partition coefficient (Wildman–Crippen LogP) is 1.91. The molecule has 0 bridgehead atoms. The highest BCUT2D eigenvalue weighted by Gasteiger charge is 1.95. The molecule has 0 aliphatic rings. The quantitative estimate of drug-likeness (QED) is 0.400. The summed E-state index contributed by atoms with van der Waals surface area (Å²) in [5, 5.41) is 8.43. The Balaban J connectivity index is 3.81. The largest absolute Gasteiger partial charge is 0.478 e. The zero-order chi connectivity index (χ0) is 10.3. The van der Waals surface area contributed by atoms with Gasteiger partial charge < -0.3 is 5.11 Å². The first-order chi connectivity index (χ1) is 6.04. The van der Waals surface area contributed by atoms with Crippen LogP contribution in [0, 0.1) is 5.92 Å². The molecule has 3 nitrogen and oxygen atoms in total. The van der Waals surface area contributed by atoms with Crippen molar-refractivity contribution in [1.29, 1.82) is 0 Å². The molecule has 0 spiro atoms. The van der Waals surface area contributed by atoms with Crippen LogP contribution >= 0.6 is 0 Å². The molecular weight excluding hydrogens is 166 g/mol. The monoisotopic (exact) mass is 181 g/mol. The molecule has 0 aromatic rings. The highest BCUT2D eigenvalue weighted by molar-refractivity contribution is 5.90. The molecule has 13 heavy (non-hydrogen) atoms. The summed E-state index contributed by atoms with van der Waals surface area (Å²) in [6.07, 6.45) is 4.60. The van der Waals surface area contributed by atoms with Gasteiger partial charge in [0.2, 0.25) is 0 Å². The summed E-state index contributed by atoms with van der Waals surface area (Å²) in [5.74, 6) is -0.485. The maximum Gasteiger partial charge on any atom is 0.335 e. The van der Waals surface area contributed by atoms with Gasteiger partial charge in [-0.3, -0.25) is 4.99 Å². The fourth-order valence-corrected chi connectivity index (χ4v) is 0.563. The van der Waals surface area contributed by atoms with Gasteiger partial charge in [0.05, 0.1) is 5.57 Å². The average Bonchev–Trinajstić information content (AvgIpc) is 2.02. The van der Waals surface area contributed by atoms with Crippen molar-refractivity contribution in [3.63, 3.8) is 0 Å². The van der Waals surface area contributed by atoms with E-state index in [0.717, 1.165) is 6.54 Å². The topological polar surface area (TPSA) is 49.7 Å². The molecule has 0 saturated carbocycles. The van der Waals surface area contributed by atoms with E-state index in [1.54, 1.807) is 12.3 Å². The maximum absolute atomic E-state index is 10.3. The molecule has 0 rings (SSSR count). The van der Waals surface area contributed by atoms with Gasteiger partial charge in [0.25, 0.3) is 0 Å². The lowest BCUT2D eigenvalue weighted by Crippen LogP contribution is -1.95. The summed E-state index contributed by atoms with van der Waals surface area (Å²) in [7, 11) is 0. The maximum atomic E-state index is 10.3. The van der Waals surface area contributed by atoms with Crippen LogP contribution in [0.3, 0.4) is 0 Å². The number of nitrogens with zero attached hydrogens (tertiary/aromatic N) is 1. The minimum absolute atomic E-state index is 0.0657. The second kappa shape index (κ2) is 6.17. The van der Waals surface area contributed by atoms with Gasteiger partial charge in [-0.05, 0) is 18.1 Å². The standard InChI is InChI=1S/C10H15NO2/c1-8(2)7-11-6-4-5-9(3)10(12)13/h4-6,8H,3,7H2,1-2H3,(H,12,13)/b5-4-,11-6+. The average molecular weight is 181 g/mol. The molecule has 0 radical (unpaired) electrons. The van der Waals surface area contributed by atoms with E-state index in [1.165, 1.54) is 6.08 Å². The van der Waals surface area contributed by atoms with Crippen LogP contribution in [0.25, 0.3) is 0 Å². The minimum atomic E-state index is -1.01. The Morgan fingerprint density at radius 3 is 2.69 bits per heavy atom. The lowest BCUT2D eigenvalue weighted by atomic mass is 10.2. The first kappa shape index (κ1) is 11.6. The van der Waals surface area contributed by atoms with E-state index >= 15 is 0 Å². The van der Waals surface area contributed by atoms with Crippen molar-refractivity contribution in [1.82, 2.24) is 0 Å². The molecule has 0 heterocycles. The zero-order valence-electron chi connectivity index (χ0n) is 8.03. The molecule has 0 fully saturated rings. The number of carbonyl (C=O) groups is 1. The number of carboxylic acid groups (broad SMARTS) is 1. The summed E-state index contributed by atoms with van der Waals surface area (Å²) < 4.78 is 0. The first-order valence-electron chi connectivity index (χ1n) is 4.12. The molecule has 0 aliphatic carbocycles. The number of aliphatic carboxylic acids is 1. The van der Waals surface area contributed by atoms with Gasteiger partial charge >= 0.3 is 5.97 Å². The Bertz CT molecular complexity index is 239. The molecule has 72 valence electrons. The van der Waals surface area contributed by atoms with Crippen LogP contribution in [0.1, 0.15) is 13.8 Å². The smallest absolute Gasteiger partial charge is 0.335 e. The summed E-state index contributed by atoms with van der Waals surface area (Å²) in [6.45, 7) is 8.23. The van der Waals surface area contributed by atoms with E-state index in [9.17, 15) is 4.79 Å². The van der Waals surface area contributed by atoms with Crippen LogP contribution in [0.5, 0.6) is 0 Å². The lowest BCUT2D eigenvalue weighted by Gasteiger charge is -1.94.